The molecule has 0 N–H and O–H groups in total. The summed E-state index contributed by atoms with van der Waals surface area (Å²) in [5, 5.41) is 12.5. The maximum absolute atomic E-state index is 12.6. The van der Waals surface area contributed by atoms with E-state index in [1.54, 1.807) is 26.0 Å². The minimum Gasteiger partial charge on any atom is -0.619 e. The summed E-state index contributed by atoms with van der Waals surface area (Å²) >= 11 is 7.37. The van der Waals surface area contributed by atoms with Crippen molar-refractivity contribution in [1.29, 1.82) is 0 Å². The zero-order chi connectivity index (χ0) is 18.8. The number of sulfone groups is 1. The van der Waals surface area contributed by atoms with E-state index in [2.05, 4.69) is 4.98 Å². The number of thiazole rings is 1. The minimum atomic E-state index is -3.28. The van der Waals surface area contributed by atoms with Gasteiger partial charge in [-0.15, -0.1) is 0 Å². The van der Waals surface area contributed by atoms with Crippen LogP contribution in [0.2, 0.25) is 5.15 Å². The van der Waals surface area contributed by atoms with Crippen LogP contribution in [0.3, 0.4) is 0 Å². The van der Waals surface area contributed by atoms with E-state index in [9.17, 15) is 18.4 Å². The van der Waals surface area contributed by atoms with Crippen LogP contribution in [0.25, 0.3) is 10.6 Å². The lowest BCUT2D eigenvalue weighted by atomic mass is 10.2. The molecule has 25 heavy (non-hydrogen) atoms. The molecule has 2 heterocycles. The molecule has 1 atom stereocenters. The summed E-state index contributed by atoms with van der Waals surface area (Å²) in [7, 11) is -3.28. The monoisotopic (exact) mass is 403 g/mol. The fourth-order valence-electron chi connectivity index (χ4n) is 2.36. The molecule has 2 rings (SSSR count). The van der Waals surface area contributed by atoms with Gasteiger partial charge in [-0.1, -0.05) is 29.9 Å². The molecule has 0 spiro atoms. The average molecular weight is 404 g/mol. The van der Waals surface area contributed by atoms with Gasteiger partial charge in [0.15, 0.2) is 17.5 Å². The number of nitrogens with zero attached hydrogens (tertiary/aromatic N) is 3. The molecule has 10 heteroatoms. The van der Waals surface area contributed by atoms with Crippen molar-refractivity contribution in [2.45, 2.75) is 13.8 Å². The summed E-state index contributed by atoms with van der Waals surface area (Å²) in [5.74, 6) is -1.27. The molecule has 0 bridgehead atoms. The first-order valence-corrected chi connectivity index (χ1v) is 10.7. The number of halogens is 1. The largest absolute Gasteiger partial charge is 0.619 e. The molecule has 0 aliphatic carbocycles. The molecule has 136 valence electrons. The average Bonchev–Trinajstić information content (AvgIpc) is 2.88. The predicted molar refractivity (Wildman–Crippen MR) is 98.4 cm³/mol. The highest BCUT2D eigenvalue weighted by Gasteiger charge is 2.27. The highest BCUT2D eigenvalue weighted by atomic mass is 35.5. The summed E-state index contributed by atoms with van der Waals surface area (Å²) in [6, 6.07) is 3.31. The lowest BCUT2D eigenvalue weighted by Crippen LogP contribution is -2.37. The van der Waals surface area contributed by atoms with Crippen molar-refractivity contribution in [2.24, 2.45) is 5.92 Å². The van der Waals surface area contributed by atoms with Crippen molar-refractivity contribution in [2.75, 3.05) is 23.5 Å². The number of carbonyl (C=O) groups is 1. The van der Waals surface area contributed by atoms with E-state index in [1.807, 2.05) is 0 Å². The van der Waals surface area contributed by atoms with Crippen molar-refractivity contribution < 1.29 is 17.9 Å². The van der Waals surface area contributed by atoms with Gasteiger partial charge in [0.1, 0.15) is 19.8 Å². The van der Waals surface area contributed by atoms with E-state index in [0.717, 1.165) is 6.26 Å². The standard InChI is InChI=1S/C15H18ClN3O4S2/c1-4-19(14(20)10(2)9-25(3,22)23)15-12(16)17-13(24-15)11-6-5-7-18(21)8-11/h5-8,10H,4,9H2,1-3H3. The summed E-state index contributed by atoms with van der Waals surface area (Å²) < 4.78 is 23.5. The molecule has 2 aromatic heterocycles. The highest BCUT2D eigenvalue weighted by molar-refractivity contribution is 7.90. The molecular formula is C15H18ClN3O4S2. The zero-order valence-corrected chi connectivity index (χ0v) is 16.4. The molecule has 0 saturated carbocycles. The fraction of sp³-hybridized carbons (Fsp3) is 0.400. The van der Waals surface area contributed by atoms with Crippen LogP contribution >= 0.6 is 22.9 Å². The van der Waals surface area contributed by atoms with Crippen LogP contribution in [0.1, 0.15) is 13.8 Å². The zero-order valence-electron chi connectivity index (χ0n) is 14.0. The van der Waals surface area contributed by atoms with E-state index in [0.29, 0.717) is 26.8 Å². The third-order valence-corrected chi connectivity index (χ3v) is 6.00. The number of hydrogen-bond donors (Lipinski definition) is 0. The van der Waals surface area contributed by atoms with Gasteiger partial charge in [0.25, 0.3) is 0 Å². The van der Waals surface area contributed by atoms with Crippen LogP contribution < -0.4 is 9.63 Å². The first-order chi connectivity index (χ1) is 11.6. The van der Waals surface area contributed by atoms with Crippen LogP contribution in [0.15, 0.2) is 24.5 Å². The van der Waals surface area contributed by atoms with Gasteiger partial charge in [0.05, 0.1) is 11.3 Å². The molecule has 0 radical (unpaired) electrons. The quantitative estimate of drug-likeness (QED) is 0.544. The molecule has 0 aromatic carbocycles. The lowest BCUT2D eigenvalue weighted by Gasteiger charge is -2.22. The van der Waals surface area contributed by atoms with Crippen molar-refractivity contribution >= 4 is 43.7 Å². The van der Waals surface area contributed by atoms with E-state index >= 15 is 0 Å². The topological polar surface area (TPSA) is 94.3 Å². The minimum absolute atomic E-state index is 0.142. The predicted octanol–water partition coefficient (Wildman–Crippen LogP) is 2.13. The van der Waals surface area contributed by atoms with Gasteiger partial charge < -0.3 is 10.1 Å². The van der Waals surface area contributed by atoms with Gasteiger partial charge in [-0.3, -0.25) is 4.79 Å². The number of amides is 1. The van der Waals surface area contributed by atoms with Gasteiger partial charge in [-0.05, 0) is 13.0 Å². The van der Waals surface area contributed by atoms with Crippen LogP contribution in [-0.2, 0) is 14.6 Å². The number of pyridine rings is 1. The Morgan fingerprint density at radius 2 is 2.20 bits per heavy atom. The Morgan fingerprint density at radius 1 is 1.52 bits per heavy atom. The fourth-order valence-corrected chi connectivity index (χ4v) is 4.78. The normalized spacial score (nSPS) is 12.8. The summed E-state index contributed by atoms with van der Waals surface area (Å²) in [6.45, 7) is 3.67. The van der Waals surface area contributed by atoms with Crippen LogP contribution in [0.5, 0.6) is 0 Å². The molecule has 7 nitrogen and oxygen atoms in total. The van der Waals surface area contributed by atoms with E-state index in [4.69, 9.17) is 11.6 Å². The second-order valence-corrected chi connectivity index (χ2v) is 9.16. The lowest BCUT2D eigenvalue weighted by molar-refractivity contribution is -0.604. The number of anilines is 1. The molecule has 0 saturated heterocycles. The SMILES string of the molecule is CCN(C(=O)C(C)CS(C)(=O)=O)c1sc(-c2ccc[n+]([O-])c2)nc1Cl. The second kappa shape index (κ2) is 7.67. The molecule has 0 aliphatic rings. The molecule has 0 aliphatic heterocycles. The van der Waals surface area contributed by atoms with Crippen LogP contribution in [-0.4, -0.2) is 37.9 Å². The third kappa shape index (κ3) is 4.90. The Hall–Kier alpha value is -1.71. The van der Waals surface area contributed by atoms with Crippen molar-refractivity contribution in [3.8, 4) is 10.6 Å². The van der Waals surface area contributed by atoms with Gasteiger partial charge in [0.2, 0.25) is 5.91 Å². The molecule has 2 aromatic rings. The van der Waals surface area contributed by atoms with Crippen molar-refractivity contribution in [3.63, 3.8) is 0 Å². The summed E-state index contributed by atoms with van der Waals surface area (Å²) in [5.41, 5.74) is 0.586. The Balaban J connectivity index is 2.34. The van der Waals surface area contributed by atoms with Gasteiger partial charge in [-0.2, -0.15) is 4.73 Å². The Labute approximate surface area is 155 Å². The van der Waals surface area contributed by atoms with Crippen molar-refractivity contribution in [3.05, 3.63) is 34.9 Å². The van der Waals surface area contributed by atoms with Crippen LogP contribution in [0, 0.1) is 11.1 Å². The third-order valence-electron chi connectivity index (χ3n) is 3.39. The second-order valence-electron chi connectivity index (χ2n) is 5.64. The number of hydrogen-bond acceptors (Lipinski definition) is 6. The molecule has 1 unspecified atom stereocenters. The highest BCUT2D eigenvalue weighted by Crippen LogP contribution is 2.37. The summed E-state index contributed by atoms with van der Waals surface area (Å²) in [4.78, 5) is 18.3. The molecule has 0 fully saturated rings. The number of aromatic nitrogens is 2. The maximum atomic E-state index is 12.6. The van der Waals surface area contributed by atoms with E-state index in [-0.39, 0.29) is 16.8 Å². The van der Waals surface area contributed by atoms with E-state index < -0.39 is 15.8 Å². The van der Waals surface area contributed by atoms with Gasteiger partial charge in [0, 0.05) is 24.8 Å². The number of rotatable bonds is 6. The maximum Gasteiger partial charge on any atom is 0.231 e. The Bertz CT molecular complexity index is 883. The Morgan fingerprint density at radius 3 is 2.76 bits per heavy atom. The van der Waals surface area contributed by atoms with E-state index in [1.165, 1.54) is 28.6 Å². The first kappa shape index (κ1) is 19.6. The van der Waals surface area contributed by atoms with Gasteiger partial charge >= 0.3 is 0 Å². The van der Waals surface area contributed by atoms with Crippen LogP contribution in [0.4, 0.5) is 5.00 Å². The number of carbonyl (C=O) groups excluding carboxylic acids is 1. The molecule has 1 amide bonds. The van der Waals surface area contributed by atoms with Crippen molar-refractivity contribution in [1.82, 2.24) is 4.98 Å². The smallest absolute Gasteiger partial charge is 0.231 e. The summed E-state index contributed by atoms with van der Waals surface area (Å²) in [6.07, 6.45) is 3.82. The Kier molecular flexibility index (Phi) is 6.02. The van der Waals surface area contributed by atoms with Gasteiger partial charge in [-0.25, -0.2) is 13.4 Å². The molecular weight excluding hydrogens is 386 g/mol. The first-order valence-electron chi connectivity index (χ1n) is 7.47.